The van der Waals surface area contributed by atoms with E-state index in [2.05, 4.69) is 0 Å². The first-order valence-electron chi connectivity index (χ1n) is 7.98. The molecule has 4 rings (SSSR count). The van der Waals surface area contributed by atoms with Gasteiger partial charge in [0.25, 0.3) is 0 Å². The average Bonchev–Trinajstić information content (AvgIpc) is 2.68. The Kier molecular flexibility index (Phi) is 3.80. The maximum atomic E-state index is 14.4. The van der Waals surface area contributed by atoms with Gasteiger partial charge < -0.3 is 9.76 Å². The second-order valence-electron chi connectivity index (χ2n) is 5.88. The number of hydrogen-bond acceptors (Lipinski definition) is 4. The fourth-order valence-corrected chi connectivity index (χ4v) is 3.03. The minimum absolute atomic E-state index is 0.0775. The van der Waals surface area contributed by atoms with E-state index in [9.17, 15) is 19.0 Å². The van der Waals surface area contributed by atoms with E-state index in [-0.39, 0.29) is 39.2 Å². The summed E-state index contributed by atoms with van der Waals surface area (Å²) in [4.78, 5) is 25.3. The molecule has 0 atom stereocenters. The van der Waals surface area contributed by atoms with E-state index in [4.69, 9.17) is 4.65 Å². The molecule has 0 radical (unpaired) electrons. The van der Waals surface area contributed by atoms with Crippen molar-refractivity contribution in [3.8, 4) is 11.5 Å². The molecule has 1 aliphatic rings. The molecule has 0 bridgehead atoms. The lowest BCUT2D eigenvalue weighted by Gasteiger charge is -2.20. The smallest absolute Gasteiger partial charge is 0.527 e. The predicted molar refractivity (Wildman–Crippen MR) is 95.0 cm³/mol. The molecule has 0 unspecified atom stereocenters. The molecule has 0 amide bonds. The predicted octanol–water partition coefficient (Wildman–Crippen LogP) is 2.91. The lowest BCUT2D eigenvalue weighted by atomic mass is 9.81. The lowest BCUT2D eigenvalue weighted by molar-refractivity contribution is 0.0976. The molecule has 3 aromatic carbocycles. The Morgan fingerprint density at radius 2 is 1.38 bits per heavy atom. The van der Waals surface area contributed by atoms with Crippen molar-refractivity contribution in [2.24, 2.45) is 0 Å². The highest BCUT2D eigenvalue weighted by atomic mass is 19.1. The van der Waals surface area contributed by atoms with Gasteiger partial charge >= 0.3 is 7.19 Å². The summed E-state index contributed by atoms with van der Waals surface area (Å²) in [6.45, 7) is 0. The Morgan fingerprint density at radius 1 is 0.769 bits per heavy atom. The Balaban J connectivity index is 1.75. The zero-order valence-electron chi connectivity index (χ0n) is 13.5. The number of aromatic hydroxyl groups is 1. The summed E-state index contributed by atoms with van der Waals surface area (Å²) in [7, 11) is -1.82. The normalized spacial score (nSPS) is 12.3. The highest BCUT2D eigenvalue weighted by Gasteiger charge is 2.34. The van der Waals surface area contributed by atoms with Crippen LogP contribution in [0.1, 0.15) is 31.8 Å². The zero-order valence-corrected chi connectivity index (χ0v) is 13.5. The SMILES string of the molecule is O=C1c2ccccc2C(=O)c2c1ccc(OB(F)c1ccccc1)c2O. The van der Waals surface area contributed by atoms with Crippen molar-refractivity contribution in [2.75, 3.05) is 0 Å². The largest absolute Gasteiger partial charge is 0.601 e. The average molecular weight is 346 g/mol. The number of halogens is 1. The molecule has 6 heteroatoms. The monoisotopic (exact) mass is 346 g/mol. The maximum Gasteiger partial charge on any atom is 0.601 e. The highest BCUT2D eigenvalue weighted by molar-refractivity contribution is 6.61. The van der Waals surface area contributed by atoms with Gasteiger partial charge in [-0.05, 0) is 12.1 Å². The van der Waals surface area contributed by atoms with Gasteiger partial charge in [0, 0.05) is 22.2 Å². The quantitative estimate of drug-likeness (QED) is 0.580. The number of carbonyl (C=O) groups is 2. The summed E-state index contributed by atoms with van der Waals surface area (Å²) >= 11 is 0. The van der Waals surface area contributed by atoms with Gasteiger partial charge in [0.15, 0.2) is 17.3 Å². The van der Waals surface area contributed by atoms with Gasteiger partial charge in [-0.2, -0.15) is 0 Å². The summed E-state index contributed by atoms with van der Waals surface area (Å²) in [6.07, 6.45) is 0. The second-order valence-corrected chi connectivity index (χ2v) is 5.88. The van der Waals surface area contributed by atoms with E-state index in [1.807, 2.05) is 0 Å². The van der Waals surface area contributed by atoms with Crippen LogP contribution >= 0.6 is 0 Å². The third-order valence-corrected chi connectivity index (χ3v) is 4.32. The van der Waals surface area contributed by atoms with Crippen LogP contribution in [0.25, 0.3) is 0 Å². The molecule has 0 saturated carbocycles. The zero-order chi connectivity index (χ0) is 18.3. The van der Waals surface area contributed by atoms with E-state index < -0.39 is 18.7 Å². The van der Waals surface area contributed by atoms with Gasteiger partial charge in [-0.3, -0.25) is 13.9 Å². The third-order valence-electron chi connectivity index (χ3n) is 4.32. The van der Waals surface area contributed by atoms with Crippen molar-refractivity contribution < 1.29 is 23.7 Å². The highest BCUT2D eigenvalue weighted by Crippen LogP contribution is 2.38. The maximum absolute atomic E-state index is 14.4. The topological polar surface area (TPSA) is 63.6 Å². The fraction of sp³-hybridized carbons (Fsp3) is 0. The molecule has 0 spiro atoms. The van der Waals surface area contributed by atoms with Crippen LogP contribution in [0.5, 0.6) is 11.5 Å². The second kappa shape index (κ2) is 6.15. The number of benzene rings is 3. The summed E-state index contributed by atoms with van der Waals surface area (Å²) in [6, 6.07) is 17.2. The van der Waals surface area contributed by atoms with Gasteiger partial charge in [0.2, 0.25) is 0 Å². The Morgan fingerprint density at radius 3 is 2.08 bits per heavy atom. The van der Waals surface area contributed by atoms with E-state index >= 15 is 0 Å². The molecule has 0 saturated heterocycles. The van der Waals surface area contributed by atoms with E-state index in [1.54, 1.807) is 48.5 Å². The van der Waals surface area contributed by atoms with Gasteiger partial charge in [-0.15, -0.1) is 0 Å². The molecule has 1 aliphatic carbocycles. The lowest BCUT2D eigenvalue weighted by Crippen LogP contribution is -2.32. The van der Waals surface area contributed by atoms with Crippen molar-refractivity contribution in [3.05, 3.63) is 89.0 Å². The van der Waals surface area contributed by atoms with Crippen molar-refractivity contribution in [2.45, 2.75) is 0 Å². The van der Waals surface area contributed by atoms with Crippen LogP contribution in [-0.2, 0) is 0 Å². The molecule has 0 heterocycles. The van der Waals surface area contributed by atoms with Gasteiger partial charge in [0.1, 0.15) is 5.75 Å². The van der Waals surface area contributed by atoms with Crippen LogP contribution in [-0.4, -0.2) is 23.9 Å². The van der Waals surface area contributed by atoms with Crippen LogP contribution in [0.15, 0.2) is 66.7 Å². The fourth-order valence-electron chi connectivity index (χ4n) is 3.03. The molecule has 126 valence electrons. The number of rotatable bonds is 3. The van der Waals surface area contributed by atoms with E-state index in [0.717, 1.165) is 0 Å². The molecule has 0 aromatic heterocycles. The number of phenols is 1. The van der Waals surface area contributed by atoms with Gasteiger partial charge in [0.05, 0.1) is 5.56 Å². The molecule has 0 aliphatic heterocycles. The molecule has 4 nitrogen and oxygen atoms in total. The number of ketones is 2. The Bertz CT molecular complexity index is 1030. The third kappa shape index (κ3) is 2.47. The number of phenolic OH excluding ortho intramolecular Hbond substituents is 1. The van der Waals surface area contributed by atoms with Gasteiger partial charge in [-0.25, -0.2) is 0 Å². The minimum atomic E-state index is -1.82. The number of carbonyl (C=O) groups excluding carboxylic acids is 2. The van der Waals surface area contributed by atoms with Crippen molar-refractivity contribution in [1.29, 1.82) is 0 Å². The Labute approximate surface area is 149 Å². The van der Waals surface area contributed by atoms with Crippen LogP contribution in [0.3, 0.4) is 0 Å². The minimum Gasteiger partial charge on any atom is -0.527 e. The van der Waals surface area contributed by atoms with Crippen LogP contribution in [0.2, 0.25) is 0 Å². The summed E-state index contributed by atoms with van der Waals surface area (Å²) in [5.41, 5.74) is 0.681. The van der Waals surface area contributed by atoms with Crippen LogP contribution in [0, 0.1) is 0 Å². The van der Waals surface area contributed by atoms with Crippen molar-refractivity contribution in [3.63, 3.8) is 0 Å². The molecular weight excluding hydrogens is 334 g/mol. The molecule has 1 N–H and O–H groups in total. The number of fused-ring (bicyclic) bond motifs is 2. The number of hydrogen-bond donors (Lipinski definition) is 1. The standard InChI is InChI=1S/C20H12BFO4/c22-21(12-6-2-1-3-7-12)26-16-11-10-15-17(20(16)25)19(24)14-9-5-4-8-13(14)18(15)23/h1-11,25H. The Hall–Kier alpha value is -3.41. The first-order valence-corrected chi connectivity index (χ1v) is 7.98. The molecule has 3 aromatic rings. The van der Waals surface area contributed by atoms with Crippen LogP contribution in [0.4, 0.5) is 4.32 Å². The summed E-state index contributed by atoms with van der Waals surface area (Å²) < 4.78 is 19.5. The molecule has 0 fully saturated rings. The summed E-state index contributed by atoms with van der Waals surface area (Å²) in [5.74, 6) is -1.58. The molecule has 26 heavy (non-hydrogen) atoms. The van der Waals surface area contributed by atoms with E-state index in [0.29, 0.717) is 0 Å². The first kappa shape index (κ1) is 16.1. The van der Waals surface area contributed by atoms with E-state index in [1.165, 1.54) is 18.2 Å². The van der Waals surface area contributed by atoms with Crippen molar-refractivity contribution >= 4 is 24.2 Å². The van der Waals surface area contributed by atoms with Gasteiger partial charge in [-0.1, -0.05) is 54.6 Å². The summed E-state index contributed by atoms with van der Waals surface area (Å²) in [5, 5.41) is 10.5. The molecular formula is C20H12BFO4. The van der Waals surface area contributed by atoms with Crippen molar-refractivity contribution in [1.82, 2.24) is 0 Å². The first-order chi connectivity index (χ1) is 12.6. The van der Waals surface area contributed by atoms with Crippen LogP contribution < -0.4 is 10.1 Å².